The predicted molar refractivity (Wildman–Crippen MR) is 97.2 cm³/mol. The standard InChI is InChI=1S/C17H23Cl2N3O/c1-10(2)16-12(6-7-23-16)9-21-17(20)22-11(3)14-5-4-13(18)8-15(14)19/h4-5,8,11-12,16H,1,6-7,9H2,2-3H3,(H3,20,21,22). The molecule has 1 heterocycles. The normalized spacial score (nSPS) is 22.9. The van der Waals surface area contributed by atoms with E-state index in [1.807, 2.05) is 26.0 Å². The van der Waals surface area contributed by atoms with Gasteiger partial charge in [0.25, 0.3) is 0 Å². The van der Waals surface area contributed by atoms with Gasteiger partial charge >= 0.3 is 0 Å². The van der Waals surface area contributed by atoms with Gasteiger partial charge in [-0.2, -0.15) is 0 Å². The number of nitrogens with one attached hydrogen (secondary N) is 1. The summed E-state index contributed by atoms with van der Waals surface area (Å²) >= 11 is 12.1. The molecule has 23 heavy (non-hydrogen) atoms. The summed E-state index contributed by atoms with van der Waals surface area (Å²) < 4.78 is 5.68. The summed E-state index contributed by atoms with van der Waals surface area (Å²) in [6.45, 7) is 9.31. The molecule has 2 rings (SSSR count). The molecule has 0 aromatic heterocycles. The second-order valence-electron chi connectivity index (χ2n) is 5.94. The summed E-state index contributed by atoms with van der Waals surface area (Å²) in [6, 6.07) is 5.36. The van der Waals surface area contributed by atoms with E-state index in [1.54, 1.807) is 6.07 Å². The quantitative estimate of drug-likeness (QED) is 0.477. The van der Waals surface area contributed by atoms with Gasteiger partial charge in [0.15, 0.2) is 5.96 Å². The molecule has 1 aliphatic rings. The van der Waals surface area contributed by atoms with E-state index in [2.05, 4.69) is 16.9 Å². The smallest absolute Gasteiger partial charge is 0.189 e. The Hall–Kier alpha value is -1.23. The molecule has 0 saturated carbocycles. The first-order valence-corrected chi connectivity index (χ1v) is 8.42. The van der Waals surface area contributed by atoms with E-state index >= 15 is 0 Å². The maximum Gasteiger partial charge on any atom is 0.189 e. The molecular formula is C17H23Cl2N3O. The molecule has 1 saturated heterocycles. The fraction of sp³-hybridized carbons (Fsp3) is 0.471. The summed E-state index contributed by atoms with van der Waals surface area (Å²) in [5.41, 5.74) is 7.96. The second kappa shape index (κ2) is 8.04. The number of hydrogen-bond donors (Lipinski definition) is 2. The highest BCUT2D eigenvalue weighted by atomic mass is 35.5. The topological polar surface area (TPSA) is 59.6 Å². The van der Waals surface area contributed by atoms with E-state index in [0.29, 0.717) is 28.5 Å². The molecule has 6 heteroatoms. The van der Waals surface area contributed by atoms with E-state index in [4.69, 9.17) is 33.7 Å². The first-order valence-electron chi connectivity index (χ1n) is 7.67. The van der Waals surface area contributed by atoms with Crippen LogP contribution < -0.4 is 11.1 Å². The summed E-state index contributed by atoms with van der Waals surface area (Å²) in [4.78, 5) is 4.44. The SMILES string of the molecule is C=C(C)C1OCCC1CN=C(N)NC(C)c1ccc(Cl)cc1Cl. The van der Waals surface area contributed by atoms with Crippen LogP contribution in [0.5, 0.6) is 0 Å². The van der Waals surface area contributed by atoms with Gasteiger partial charge in [-0.25, -0.2) is 0 Å². The fourth-order valence-corrected chi connectivity index (χ4v) is 3.35. The van der Waals surface area contributed by atoms with Crippen molar-refractivity contribution in [2.75, 3.05) is 13.2 Å². The number of ether oxygens (including phenoxy) is 1. The Morgan fingerprint density at radius 1 is 1.52 bits per heavy atom. The average molecular weight is 356 g/mol. The third-order valence-electron chi connectivity index (χ3n) is 3.99. The van der Waals surface area contributed by atoms with Gasteiger partial charge in [0.05, 0.1) is 12.1 Å². The number of hydrogen-bond acceptors (Lipinski definition) is 2. The maximum absolute atomic E-state index is 6.21. The van der Waals surface area contributed by atoms with Crippen LogP contribution in [-0.2, 0) is 4.74 Å². The van der Waals surface area contributed by atoms with Crippen LogP contribution in [0, 0.1) is 5.92 Å². The lowest BCUT2D eigenvalue weighted by molar-refractivity contribution is 0.120. The van der Waals surface area contributed by atoms with Crippen molar-refractivity contribution in [2.45, 2.75) is 32.4 Å². The largest absolute Gasteiger partial charge is 0.374 e. The molecule has 1 aromatic rings. The average Bonchev–Trinajstić information content (AvgIpc) is 2.93. The zero-order valence-corrected chi connectivity index (χ0v) is 15.0. The Labute approximate surface area is 147 Å². The molecule has 1 aromatic carbocycles. The van der Waals surface area contributed by atoms with Gasteiger partial charge < -0.3 is 15.8 Å². The predicted octanol–water partition coefficient (Wildman–Crippen LogP) is 3.94. The second-order valence-corrected chi connectivity index (χ2v) is 6.79. The Bertz CT molecular complexity index is 604. The summed E-state index contributed by atoms with van der Waals surface area (Å²) in [6.07, 6.45) is 1.06. The number of aliphatic imine (C=N–C) groups is 1. The number of benzene rings is 1. The van der Waals surface area contributed by atoms with Gasteiger partial charge in [0, 0.05) is 29.1 Å². The summed E-state index contributed by atoms with van der Waals surface area (Å²) in [5.74, 6) is 0.734. The van der Waals surface area contributed by atoms with Gasteiger partial charge in [-0.1, -0.05) is 41.4 Å². The number of nitrogens with two attached hydrogens (primary N) is 1. The van der Waals surface area contributed by atoms with Gasteiger partial charge in [0.1, 0.15) is 0 Å². The van der Waals surface area contributed by atoms with Gasteiger partial charge in [0.2, 0.25) is 0 Å². The minimum Gasteiger partial charge on any atom is -0.374 e. The van der Waals surface area contributed by atoms with Crippen LogP contribution in [0.25, 0.3) is 0 Å². The van der Waals surface area contributed by atoms with Crippen molar-refractivity contribution in [2.24, 2.45) is 16.6 Å². The van der Waals surface area contributed by atoms with Crippen molar-refractivity contribution in [1.29, 1.82) is 0 Å². The van der Waals surface area contributed by atoms with Crippen molar-refractivity contribution < 1.29 is 4.74 Å². The number of nitrogens with zero attached hydrogens (tertiary/aromatic N) is 1. The van der Waals surface area contributed by atoms with Crippen LogP contribution in [0.4, 0.5) is 0 Å². The molecular weight excluding hydrogens is 333 g/mol. The molecule has 4 nitrogen and oxygen atoms in total. The zero-order chi connectivity index (χ0) is 17.0. The highest BCUT2D eigenvalue weighted by molar-refractivity contribution is 6.35. The zero-order valence-electron chi connectivity index (χ0n) is 13.5. The summed E-state index contributed by atoms with van der Waals surface area (Å²) in [7, 11) is 0. The van der Waals surface area contributed by atoms with Gasteiger partial charge in [-0.3, -0.25) is 4.99 Å². The van der Waals surface area contributed by atoms with Crippen molar-refractivity contribution in [3.8, 4) is 0 Å². The summed E-state index contributed by atoms with van der Waals surface area (Å²) in [5, 5.41) is 4.38. The molecule has 3 unspecified atom stereocenters. The van der Waals surface area contributed by atoms with Crippen molar-refractivity contribution in [3.05, 3.63) is 46.0 Å². The van der Waals surface area contributed by atoms with Crippen LogP contribution in [0.15, 0.2) is 35.3 Å². The monoisotopic (exact) mass is 355 g/mol. The lowest BCUT2D eigenvalue weighted by Gasteiger charge is -2.19. The van der Waals surface area contributed by atoms with Crippen molar-refractivity contribution >= 4 is 29.2 Å². The van der Waals surface area contributed by atoms with Crippen LogP contribution in [0.1, 0.15) is 31.9 Å². The Kier molecular flexibility index (Phi) is 6.33. The Morgan fingerprint density at radius 2 is 2.26 bits per heavy atom. The van der Waals surface area contributed by atoms with E-state index in [9.17, 15) is 0 Å². The van der Waals surface area contributed by atoms with Crippen LogP contribution in [0.2, 0.25) is 10.0 Å². The van der Waals surface area contributed by atoms with E-state index in [1.165, 1.54) is 0 Å². The molecule has 126 valence electrons. The molecule has 1 aliphatic heterocycles. The van der Waals surface area contributed by atoms with Gasteiger partial charge in [-0.15, -0.1) is 0 Å². The minimum atomic E-state index is -0.0553. The highest BCUT2D eigenvalue weighted by Crippen LogP contribution is 2.27. The highest BCUT2D eigenvalue weighted by Gasteiger charge is 2.28. The van der Waals surface area contributed by atoms with Gasteiger partial charge in [-0.05, 0) is 38.0 Å². The molecule has 0 aliphatic carbocycles. The minimum absolute atomic E-state index is 0.0553. The molecule has 1 fully saturated rings. The Balaban J connectivity index is 1.95. The number of guanidine groups is 1. The van der Waals surface area contributed by atoms with Crippen molar-refractivity contribution in [1.82, 2.24) is 5.32 Å². The van der Waals surface area contributed by atoms with Crippen LogP contribution in [0.3, 0.4) is 0 Å². The fourth-order valence-electron chi connectivity index (χ4n) is 2.78. The lowest BCUT2D eigenvalue weighted by Crippen LogP contribution is -2.35. The van der Waals surface area contributed by atoms with Crippen LogP contribution >= 0.6 is 23.2 Å². The molecule has 0 radical (unpaired) electrons. The molecule has 0 spiro atoms. The van der Waals surface area contributed by atoms with E-state index < -0.39 is 0 Å². The molecule has 3 N–H and O–H groups in total. The first kappa shape index (κ1) is 18.1. The van der Waals surface area contributed by atoms with Crippen molar-refractivity contribution in [3.63, 3.8) is 0 Å². The van der Waals surface area contributed by atoms with E-state index in [0.717, 1.165) is 24.2 Å². The molecule has 0 amide bonds. The lowest BCUT2D eigenvalue weighted by atomic mass is 9.97. The number of halogens is 2. The molecule has 3 atom stereocenters. The number of rotatable bonds is 5. The Morgan fingerprint density at radius 3 is 2.91 bits per heavy atom. The first-order chi connectivity index (χ1) is 10.9. The van der Waals surface area contributed by atoms with Crippen LogP contribution in [-0.4, -0.2) is 25.2 Å². The third kappa shape index (κ3) is 4.87. The molecule has 0 bridgehead atoms. The van der Waals surface area contributed by atoms with E-state index in [-0.39, 0.29) is 12.1 Å². The maximum atomic E-state index is 6.21. The third-order valence-corrected chi connectivity index (χ3v) is 4.55.